The van der Waals surface area contributed by atoms with E-state index in [2.05, 4.69) is 16.6 Å². The minimum absolute atomic E-state index is 0.281. The first kappa shape index (κ1) is 15.8. The summed E-state index contributed by atoms with van der Waals surface area (Å²) in [4.78, 5) is 0. The maximum Gasteiger partial charge on any atom is 0.301 e. The molecule has 0 bridgehead atoms. The second kappa shape index (κ2) is 6.94. The van der Waals surface area contributed by atoms with Crippen molar-refractivity contribution in [3.05, 3.63) is 29.3 Å². The number of rotatable bonds is 3. The van der Waals surface area contributed by atoms with E-state index in [1.54, 1.807) is 12.1 Å². The van der Waals surface area contributed by atoms with Gasteiger partial charge in [-0.05, 0) is 37.5 Å². The fourth-order valence-electron chi connectivity index (χ4n) is 2.29. The van der Waals surface area contributed by atoms with E-state index < -0.39 is 10.2 Å². The summed E-state index contributed by atoms with van der Waals surface area (Å²) in [6, 6.07) is 5.36. The number of hydrogen-bond acceptors (Lipinski definition) is 3. The van der Waals surface area contributed by atoms with E-state index in [1.165, 1.54) is 4.31 Å². The van der Waals surface area contributed by atoms with E-state index in [1.807, 2.05) is 13.0 Å². The average Bonchev–Trinajstić information content (AvgIpc) is 2.48. The number of nitrogens with one attached hydrogen (secondary N) is 1. The van der Waals surface area contributed by atoms with Crippen LogP contribution in [0.1, 0.15) is 30.4 Å². The molecule has 1 aliphatic heterocycles. The predicted octanol–water partition coefficient (Wildman–Crippen LogP) is 1.45. The van der Waals surface area contributed by atoms with Crippen molar-refractivity contribution in [1.29, 1.82) is 0 Å². The lowest BCUT2D eigenvalue weighted by molar-refractivity contribution is 0.349. The van der Waals surface area contributed by atoms with E-state index >= 15 is 0 Å². The van der Waals surface area contributed by atoms with Crippen molar-refractivity contribution in [3.63, 3.8) is 0 Å². The normalized spacial score (nSPS) is 16.1. The molecule has 0 saturated carbocycles. The molecule has 0 spiro atoms. The van der Waals surface area contributed by atoms with Gasteiger partial charge in [-0.15, -0.1) is 0 Å². The zero-order valence-corrected chi connectivity index (χ0v) is 13.0. The minimum atomic E-state index is -3.48. The number of nitrogens with zero attached hydrogens (tertiary/aromatic N) is 1. The number of benzene rings is 1. The molecular formula is C15H21N3O2S. The Hall–Kier alpha value is -1.55. The maximum absolute atomic E-state index is 12.3. The average molecular weight is 307 g/mol. The van der Waals surface area contributed by atoms with Crippen LogP contribution in [-0.2, 0) is 10.2 Å². The van der Waals surface area contributed by atoms with Gasteiger partial charge in [0.15, 0.2) is 0 Å². The zero-order chi connectivity index (χ0) is 15.3. The van der Waals surface area contributed by atoms with Crippen LogP contribution in [0.25, 0.3) is 0 Å². The molecular weight excluding hydrogens is 286 g/mol. The molecule has 1 aromatic rings. The molecule has 2 rings (SSSR count). The van der Waals surface area contributed by atoms with Crippen LogP contribution in [0.3, 0.4) is 0 Å². The molecule has 1 heterocycles. The molecule has 1 aromatic carbocycles. The van der Waals surface area contributed by atoms with Crippen molar-refractivity contribution in [2.75, 3.05) is 24.4 Å². The smallest absolute Gasteiger partial charge is 0.301 e. The Balaban J connectivity index is 2.18. The highest BCUT2D eigenvalue weighted by molar-refractivity contribution is 7.90. The third-order valence-corrected chi connectivity index (χ3v) is 5.00. The fourth-order valence-corrected chi connectivity index (χ4v) is 3.58. The van der Waals surface area contributed by atoms with Crippen LogP contribution < -0.4 is 10.5 Å². The number of aryl methyl sites for hydroxylation is 1. The first-order valence-electron chi connectivity index (χ1n) is 7.10. The van der Waals surface area contributed by atoms with E-state index in [-0.39, 0.29) is 6.54 Å². The highest BCUT2D eigenvalue weighted by Crippen LogP contribution is 2.19. The molecule has 21 heavy (non-hydrogen) atoms. The van der Waals surface area contributed by atoms with Gasteiger partial charge in [0.05, 0.1) is 12.2 Å². The van der Waals surface area contributed by atoms with E-state index in [0.717, 1.165) is 30.4 Å². The summed E-state index contributed by atoms with van der Waals surface area (Å²) in [7, 11) is -3.48. The summed E-state index contributed by atoms with van der Waals surface area (Å²) < 4.78 is 28.8. The zero-order valence-electron chi connectivity index (χ0n) is 12.2. The van der Waals surface area contributed by atoms with Crippen molar-refractivity contribution in [2.45, 2.75) is 26.2 Å². The standard InChI is InChI=1S/C15H21N3O2S/c1-13-7-8-15(12-14(13)6-5-9-16)17-21(19,20)18-10-3-2-4-11-18/h7-8,12,17H,2-4,9-11,16H2,1H3. The van der Waals surface area contributed by atoms with Gasteiger partial charge in [0.25, 0.3) is 0 Å². The Morgan fingerprint density at radius 2 is 2.00 bits per heavy atom. The van der Waals surface area contributed by atoms with Crippen LogP contribution in [0.5, 0.6) is 0 Å². The van der Waals surface area contributed by atoms with Crippen molar-refractivity contribution in [1.82, 2.24) is 4.31 Å². The largest absolute Gasteiger partial charge is 0.320 e. The Kier molecular flexibility index (Phi) is 5.23. The molecule has 0 radical (unpaired) electrons. The van der Waals surface area contributed by atoms with Gasteiger partial charge >= 0.3 is 10.2 Å². The second-order valence-electron chi connectivity index (χ2n) is 5.10. The first-order chi connectivity index (χ1) is 10.0. The van der Waals surface area contributed by atoms with Crippen LogP contribution in [0.4, 0.5) is 5.69 Å². The minimum Gasteiger partial charge on any atom is -0.320 e. The van der Waals surface area contributed by atoms with Gasteiger partial charge in [0.1, 0.15) is 0 Å². The second-order valence-corrected chi connectivity index (χ2v) is 6.77. The molecule has 0 aliphatic carbocycles. The van der Waals surface area contributed by atoms with Gasteiger partial charge in [-0.3, -0.25) is 4.72 Å². The molecule has 0 atom stereocenters. The monoisotopic (exact) mass is 307 g/mol. The van der Waals surface area contributed by atoms with Crippen molar-refractivity contribution in [3.8, 4) is 11.8 Å². The molecule has 0 unspecified atom stereocenters. The molecule has 0 aromatic heterocycles. The molecule has 1 saturated heterocycles. The molecule has 6 heteroatoms. The van der Waals surface area contributed by atoms with Crippen LogP contribution in [0.15, 0.2) is 18.2 Å². The van der Waals surface area contributed by atoms with E-state index in [0.29, 0.717) is 18.8 Å². The van der Waals surface area contributed by atoms with Crippen LogP contribution >= 0.6 is 0 Å². The third-order valence-electron chi connectivity index (χ3n) is 3.46. The lowest BCUT2D eigenvalue weighted by Gasteiger charge is -2.26. The lowest BCUT2D eigenvalue weighted by atomic mass is 10.1. The Morgan fingerprint density at radius 3 is 2.67 bits per heavy atom. The molecule has 114 valence electrons. The van der Waals surface area contributed by atoms with E-state index in [9.17, 15) is 8.42 Å². The first-order valence-corrected chi connectivity index (χ1v) is 8.54. The van der Waals surface area contributed by atoms with Gasteiger partial charge in [0.2, 0.25) is 0 Å². The number of piperidine rings is 1. The van der Waals surface area contributed by atoms with Crippen LogP contribution in [-0.4, -0.2) is 32.4 Å². The van der Waals surface area contributed by atoms with Gasteiger partial charge in [-0.25, -0.2) is 0 Å². The summed E-state index contributed by atoms with van der Waals surface area (Å²) in [6.45, 7) is 3.38. The molecule has 1 fully saturated rings. The van der Waals surface area contributed by atoms with Crippen molar-refractivity contribution < 1.29 is 8.42 Å². The summed E-state index contributed by atoms with van der Waals surface area (Å²) in [5.41, 5.74) is 7.69. The highest BCUT2D eigenvalue weighted by Gasteiger charge is 2.23. The van der Waals surface area contributed by atoms with Gasteiger partial charge in [0, 0.05) is 18.7 Å². The molecule has 5 nitrogen and oxygen atoms in total. The highest BCUT2D eigenvalue weighted by atomic mass is 32.2. The number of anilines is 1. The number of hydrogen-bond donors (Lipinski definition) is 2. The maximum atomic E-state index is 12.3. The van der Waals surface area contributed by atoms with Crippen molar-refractivity contribution >= 4 is 15.9 Å². The fraction of sp³-hybridized carbons (Fsp3) is 0.467. The predicted molar refractivity (Wildman–Crippen MR) is 85.1 cm³/mol. The Morgan fingerprint density at radius 1 is 1.29 bits per heavy atom. The summed E-state index contributed by atoms with van der Waals surface area (Å²) in [5.74, 6) is 5.74. The number of nitrogens with two attached hydrogens (primary N) is 1. The summed E-state index contributed by atoms with van der Waals surface area (Å²) in [6.07, 6.45) is 2.93. The third kappa shape index (κ3) is 4.21. The van der Waals surface area contributed by atoms with Crippen molar-refractivity contribution in [2.24, 2.45) is 5.73 Å². The van der Waals surface area contributed by atoms with Gasteiger partial charge in [-0.2, -0.15) is 12.7 Å². The SMILES string of the molecule is Cc1ccc(NS(=O)(=O)N2CCCCC2)cc1C#CCN. The van der Waals surface area contributed by atoms with Gasteiger partial charge in [-0.1, -0.05) is 24.3 Å². The molecule has 0 amide bonds. The van der Waals surface area contributed by atoms with E-state index in [4.69, 9.17) is 5.73 Å². The topological polar surface area (TPSA) is 75.4 Å². The quantitative estimate of drug-likeness (QED) is 0.830. The molecule has 3 N–H and O–H groups in total. The van der Waals surface area contributed by atoms with Crippen LogP contribution in [0, 0.1) is 18.8 Å². The lowest BCUT2D eigenvalue weighted by Crippen LogP contribution is -2.39. The van der Waals surface area contributed by atoms with Gasteiger partial charge < -0.3 is 5.73 Å². The summed E-state index contributed by atoms with van der Waals surface area (Å²) in [5, 5.41) is 0. The molecule has 1 aliphatic rings. The Bertz CT molecular complexity index is 653. The van der Waals surface area contributed by atoms with Crippen LogP contribution in [0.2, 0.25) is 0 Å². The Labute approximate surface area is 126 Å². The summed E-state index contributed by atoms with van der Waals surface area (Å²) >= 11 is 0.